The van der Waals surface area contributed by atoms with E-state index < -0.39 is 15.9 Å². The second-order valence-electron chi connectivity index (χ2n) is 4.97. The fraction of sp³-hybridized carbons (Fsp3) is 0.118. The largest absolute Gasteiger partial charge is 0.361 e. The van der Waals surface area contributed by atoms with Crippen LogP contribution in [0, 0.1) is 0 Å². The summed E-state index contributed by atoms with van der Waals surface area (Å²) in [7, 11) is 0. The summed E-state index contributed by atoms with van der Waals surface area (Å²) in [6.07, 6.45) is 1.97. The Labute approximate surface area is 170 Å². The zero-order valence-electron chi connectivity index (χ0n) is 12.6. The number of halogens is 5. The van der Waals surface area contributed by atoms with Gasteiger partial charge < -0.3 is 10.6 Å². The van der Waals surface area contributed by atoms with Gasteiger partial charge in [0.2, 0.25) is 9.70 Å². The van der Waals surface area contributed by atoms with Gasteiger partial charge >= 0.3 is 0 Å². The highest BCUT2D eigenvalue weighted by Gasteiger charge is 2.34. The number of carbonyl (C=O) groups is 1. The Kier molecular flexibility index (Phi) is 7.29. The summed E-state index contributed by atoms with van der Waals surface area (Å²) in [6, 6.07) is 14.3. The Hall–Kier alpha value is -1.10. The predicted molar refractivity (Wildman–Crippen MR) is 108 cm³/mol. The van der Waals surface area contributed by atoms with Gasteiger partial charge in [0.15, 0.2) is 0 Å². The molecule has 3 nitrogen and oxygen atoms in total. The Morgan fingerprint density at radius 2 is 1.68 bits per heavy atom. The predicted octanol–water partition coefficient (Wildman–Crippen LogP) is 5.93. The number of anilines is 1. The number of benzene rings is 2. The Morgan fingerprint density at radius 1 is 1.00 bits per heavy atom. The fourth-order valence-electron chi connectivity index (χ4n) is 1.90. The molecule has 1 unspecified atom stereocenters. The van der Waals surface area contributed by atoms with E-state index in [0.717, 1.165) is 5.56 Å². The van der Waals surface area contributed by atoms with Gasteiger partial charge in [-0.3, -0.25) is 4.79 Å². The van der Waals surface area contributed by atoms with Crippen LogP contribution in [0.2, 0.25) is 10.0 Å². The zero-order valence-corrected chi connectivity index (χ0v) is 16.4. The van der Waals surface area contributed by atoms with Crippen molar-refractivity contribution in [1.29, 1.82) is 0 Å². The maximum Gasteiger partial charge on any atom is 0.245 e. The molecule has 1 atom stereocenters. The molecule has 132 valence electrons. The summed E-state index contributed by atoms with van der Waals surface area (Å²) in [5, 5.41) is 6.07. The Bertz CT molecular complexity index is 759. The van der Waals surface area contributed by atoms with Crippen molar-refractivity contribution >= 4 is 75.7 Å². The van der Waals surface area contributed by atoms with E-state index in [1.54, 1.807) is 24.3 Å². The lowest BCUT2D eigenvalue weighted by atomic mass is 10.2. The van der Waals surface area contributed by atoms with Gasteiger partial charge in [0.25, 0.3) is 0 Å². The lowest BCUT2D eigenvalue weighted by Gasteiger charge is -2.27. The molecule has 2 N–H and O–H groups in total. The molecule has 0 aliphatic heterocycles. The molecule has 0 saturated heterocycles. The number of rotatable bonds is 5. The van der Waals surface area contributed by atoms with Crippen molar-refractivity contribution in [3.63, 3.8) is 0 Å². The van der Waals surface area contributed by atoms with E-state index in [-0.39, 0.29) is 5.02 Å². The van der Waals surface area contributed by atoms with E-state index in [0.29, 0.717) is 10.7 Å². The highest BCUT2D eigenvalue weighted by Crippen LogP contribution is 2.35. The SMILES string of the molecule is O=C(C=Cc1ccccc1)NC(Nc1cccc(Cl)c1Cl)C(Cl)(Cl)Cl. The molecular formula is C17H13Cl5N2O. The van der Waals surface area contributed by atoms with Crippen LogP contribution in [0.3, 0.4) is 0 Å². The van der Waals surface area contributed by atoms with Crippen LogP contribution < -0.4 is 10.6 Å². The zero-order chi connectivity index (χ0) is 18.4. The lowest BCUT2D eigenvalue weighted by molar-refractivity contribution is -0.116. The van der Waals surface area contributed by atoms with Crippen molar-refractivity contribution in [3.8, 4) is 0 Å². The minimum atomic E-state index is -1.82. The van der Waals surface area contributed by atoms with Gasteiger partial charge in [-0.2, -0.15) is 0 Å². The number of alkyl halides is 3. The summed E-state index contributed by atoms with van der Waals surface area (Å²) in [6.45, 7) is 0. The summed E-state index contributed by atoms with van der Waals surface area (Å²) in [5.41, 5.74) is 1.30. The van der Waals surface area contributed by atoms with Crippen LogP contribution in [0.25, 0.3) is 6.08 Å². The van der Waals surface area contributed by atoms with Gasteiger partial charge in [-0.15, -0.1) is 0 Å². The van der Waals surface area contributed by atoms with E-state index in [1.807, 2.05) is 30.3 Å². The van der Waals surface area contributed by atoms with Gasteiger partial charge in [-0.25, -0.2) is 0 Å². The summed E-state index contributed by atoms with van der Waals surface area (Å²) < 4.78 is -1.82. The molecule has 0 spiro atoms. The van der Waals surface area contributed by atoms with E-state index in [1.165, 1.54) is 6.08 Å². The molecule has 0 bridgehead atoms. The number of hydrogen-bond acceptors (Lipinski definition) is 2. The maximum atomic E-state index is 12.1. The van der Waals surface area contributed by atoms with Crippen LogP contribution in [0.5, 0.6) is 0 Å². The van der Waals surface area contributed by atoms with Crippen LogP contribution in [0.4, 0.5) is 5.69 Å². The average molecular weight is 439 g/mol. The first-order valence-corrected chi connectivity index (χ1v) is 8.97. The van der Waals surface area contributed by atoms with Crippen molar-refractivity contribution in [2.75, 3.05) is 5.32 Å². The number of carbonyl (C=O) groups excluding carboxylic acids is 1. The quantitative estimate of drug-likeness (QED) is 0.345. The molecule has 1 amide bonds. The van der Waals surface area contributed by atoms with Crippen molar-refractivity contribution < 1.29 is 4.79 Å². The summed E-state index contributed by atoms with van der Waals surface area (Å²) in [4.78, 5) is 12.1. The monoisotopic (exact) mass is 436 g/mol. The average Bonchev–Trinajstić information content (AvgIpc) is 2.56. The number of nitrogens with one attached hydrogen (secondary N) is 2. The van der Waals surface area contributed by atoms with E-state index in [4.69, 9.17) is 58.0 Å². The molecule has 2 aromatic carbocycles. The van der Waals surface area contributed by atoms with Gasteiger partial charge in [-0.1, -0.05) is 94.4 Å². The standard InChI is InChI=1S/C17H13Cl5N2O/c18-12-7-4-8-13(15(12)19)23-16(17(20,21)22)24-14(25)10-9-11-5-2-1-3-6-11/h1-10,16,23H,(H,24,25). The molecular weight excluding hydrogens is 425 g/mol. The molecule has 8 heteroatoms. The Balaban J connectivity index is 2.11. The normalized spacial score (nSPS) is 12.8. The molecule has 2 rings (SSSR count). The van der Waals surface area contributed by atoms with Crippen LogP contribution in [0.15, 0.2) is 54.6 Å². The Morgan fingerprint density at radius 3 is 2.32 bits per heavy atom. The van der Waals surface area contributed by atoms with E-state index >= 15 is 0 Å². The molecule has 0 aliphatic carbocycles. The topological polar surface area (TPSA) is 41.1 Å². The second-order valence-corrected chi connectivity index (χ2v) is 8.13. The molecule has 2 aromatic rings. The van der Waals surface area contributed by atoms with E-state index in [9.17, 15) is 4.79 Å². The van der Waals surface area contributed by atoms with Crippen LogP contribution >= 0.6 is 58.0 Å². The molecule has 0 aromatic heterocycles. The van der Waals surface area contributed by atoms with Crippen LogP contribution in [0.1, 0.15) is 5.56 Å². The third kappa shape index (κ3) is 6.28. The van der Waals surface area contributed by atoms with Crippen molar-refractivity contribution in [3.05, 3.63) is 70.2 Å². The van der Waals surface area contributed by atoms with Gasteiger partial charge in [0, 0.05) is 6.08 Å². The molecule has 25 heavy (non-hydrogen) atoms. The second kappa shape index (κ2) is 9.02. The first kappa shape index (κ1) is 20.2. The molecule has 0 fully saturated rings. The maximum absolute atomic E-state index is 12.1. The highest BCUT2D eigenvalue weighted by atomic mass is 35.6. The van der Waals surface area contributed by atoms with Crippen LogP contribution in [-0.2, 0) is 4.79 Å². The molecule has 0 radical (unpaired) electrons. The smallest absolute Gasteiger partial charge is 0.245 e. The lowest BCUT2D eigenvalue weighted by Crippen LogP contribution is -2.48. The highest BCUT2D eigenvalue weighted by molar-refractivity contribution is 6.68. The molecule has 0 aliphatic rings. The minimum Gasteiger partial charge on any atom is -0.361 e. The van der Waals surface area contributed by atoms with Gasteiger partial charge in [-0.05, 0) is 23.8 Å². The minimum absolute atomic E-state index is 0.262. The van der Waals surface area contributed by atoms with Crippen molar-refractivity contribution in [1.82, 2.24) is 5.32 Å². The van der Waals surface area contributed by atoms with Crippen molar-refractivity contribution in [2.24, 2.45) is 0 Å². The summed E-state index contributed by atoms with van der Waals surface area (Å²) >= 11 is 29.9. The van der Waals surface area contributed by atoms with Gasteiger partial charge in [0.1, 0.15) is 6.17 Å². The third-order valence-corrected chi connectivity index (χ3v) is 4.57. The first-order valence-electron chi connectivity index (χ1n) is 7.08. The van der Waals surface area contributed by atoms with Crippen molar-refractivity contribution in [2.45, 2.75) is 9.96 Å². The number of hydrogen-bond donors (Lipinski definition) is 2. The summed E-state index contributed by atoms with van der Waals surface area (Å²) in [5.74, 6) is -0.439. The third-order valence-electron chi connectivity index (χ3n) is 3.09. The molecule has 0 saturated carbocycles. The number of amides is 1. The van der Waals surface area contributed by atoms with Gasteiger partial charge in [0.05, 0.1) is 15.7 Å². The molecule has 0 heterocycles. The fourth-order valence-corrected chi connectivity index (χ4v) is 2.58. The first-order chi connectivity index (χ1) is 11.8. The van der Waals surface area contributed by atoms with E-state index in [2.05, 4.69) is 10.6 Å². The van der Waals surface area contributed by atoms with Crippen LogP contribution in [-0.4, -0.2) is 15.9 Å².